The Morgan fingerprint density at radius 2 is 1.92 bits per heavy atom. The van der Waals surface area contributed by atoms with Crippen LogP contribution < -0.4 is 10.6 Å². The van der Waals surface area contributed by atoms with Crippen molar-refractivity contribution in [1.82, 2.24) is 0 Å². The predicted molar refractivity (Wildman–Crippen MR) is 67.1 cm³/mol. The summed E-state index contributed by atoms with van der Waals surface area (Å²) in [5.41, 5.74) is 7.80. The number of nitrogens with zero attached hydrogens (tertiary/aromatic N) is 1. The molecule has 2 nitrogen and oxygen atoms in total. The monoisotopic (exact) mass is 290 g/mol. The van der Waals surface area contributed by atoms with Crippen molar-refractivity contribution in [2.75, 3.05) is 23.7 Å². The van der Waals surface area contributed by atoms with E-state index in [9.17, 15) is 0 Å². The van der Waals surface area contributed by atoms with E-state index in [-0.39, 0.29) is 0 Å². The lowest BCUT2D eigenvalue weighted by Crippen LogP contribution is -2.22. The third kappa shape index (κ3) is 2.49. The lowest BCUT2D eigenvalue weighted by molar-refractivity contribution is 0.863. The van der Waals surface area contributed by atoms with E-state index in [1.807, 2.05) is 12.1 Å². The Morgan fingerprint density at radius 3 is 2.38 bits per heavy atom. The molecule has 0 aromatic heterocycles. The summed E-state index contributed by atoms with van der Waals surface area (Å²) >= 11 is 2.33. The van der Waals surface area contributed by atoms with Crippen molar-refractivity contribution >= 4 is 34.0 Å². The van der Waals surface area contributed by atoms with Gasteiger partial charge < -0.3 is 10.6 Å². The number of nitrogens with two attached hydrogens (primary N) is 1. The number of rotatable bonds is 3. The molecule has 0 amide bonds. The molecule has 3 heteroatoms. The summed E-state index contributed by atoms with van der Waals surface area (Å²) in [6, 6.07) is 6.05. The molecule has 0 bridgehead atoms. The van der Waals surface area contributed by atoms with Crippen molar-refractivity contribution in [1.29, 1.82) is 0 Å². The maximum Gasteiger partial charge on any atom is 0.0503 e. The highest BCUT2D eigenvalue weighted by atomic mass is 127. The van der Waals surface area contributed by atoms with Gasteiger partial charge in [0.25, 0.3) is 0 Å². The molecule has 1 rings (SSSR count). The number of nitrogen functional groups attached to an aromatic ring is 1. The fourth-order valence-corrected chi connectivity index (χ4v) is 2.22. The van der Waals surface area contributed by atoms with Crippen LogP contribution in [-0.2, 0) is 0 Å². The van der Waals surface area contributed by atoms with Gasteiger partial charge in [-0.25, -0.2) is 0 Å². The van der Waals surface area contributed by atoms with Crippen LogP contribution in [0.5, 0.6) is 0 Å². The van der Waals surface area contributed by atoms with Crippen LogP contribution in [0.4, 0.5) is 11.4 Å². The Bertz CT molecular complexity index is 282. The Balaban J connectivity index is 2.99. The molecule has 0 aliphatic rings. The minimum Gasteiger partial charge on any atom is -0.399 e. The minimum atomic E-state index is 0.834. The molecule has 0 radical (unpaired) electrons. The lowest BCUT2D eigenvalue weighted by Gasteiger charge is -2.22. The first-order valence-corrected chi connectivity index (χ1v) is 5.56. The molecule has 0 heterocycles. The van der Waals surface area contributed by atoms with Crippen LogP contribution in [0.25, 0.3) is 0 Å². The van der Waals surface area contributed by atoms with E-state index < -0.39 is 0 Å². The predicted octanol–water partition coefficient (Wildman–Crippen LogP) is 2.72. The largest absolute Gasteiger partial charge is 0.399 e. The SMILES string of the molecule is CCN(CC)c1ccc(N)cc1I. The van der Waals surface area contributed by atoms with Gasteiger partial charge in [-0.2, -0.15) is 0 Å². The normalized spacial score (nSPS) is 10.1. The summed E-state index contributed by atoms with van der Waals surface area (Å²) in [4.78, 5) is 2.32. The summed E-state index contributed by atoms with van der Waals surface area (Å²) in [5.74, 6) is 0. The molecular weight excluding hydrogens is 275 g/mol. The second kappa shape index (κ2) is 4.69. The van der Waals surface area contributed by atoms with E-state index in [0.29, 0.717) is 0 Å². The highest BCUT2D eigenvalue weighted by molar-refractivity contribution is 14.1. The van der Waals surface area contributed by atoms with Crippen molar-refractivity contribution in [3.8, 4) is 0 Å². The van der Waals surface area contributed by atoms with Gasteiger partial charge in [-0.15, -0.1) is 0 Å². The number of anilines is 2. The van der Waals surface area contributed by atoms with Gasteiger partial charge in [0, 0.05) is 22.3 Å². The Kier molecular flexibility index (Phi) is 3.84. The molecule has 13 heavy (non-hydrogen) atoms. The first-order valence-electron chi connectivity index (χ1n) is 4.49. The van der Waals surface area contributed by atoms with Crippen molar-refractivity contribution in [3.05, 3.63) is 21.8 Å². The molecule has 0 aliphatic heterocycles. The molecule has 2 N–H and O–H groups in total. The molecule has 1 aromatic carbocycles. The van der Waals surface area contributed by atoms with Gasteiger partial charge in [0.1, 0.15) is 0 Å². The standard InChI is InChI=1S/C10H15IN2/c1-3-13(4-2)10-6-5-8(12)7-9(10)11/h5-7H,3-4,12H2,1-2H3. The minimum absolute atomic E-state index is 0.834. The van der Waals surface area contributed by atoms with E-state index in [0.717, 1.165) is 18.8 Å². The lowest BCUT2D eigenvalue weighted by atomic mass is 10.2. The van der Waals surface area contributed by atoms with Crippen LogP contribution in [-0.4, -0.2) is 13.1 Å². The van der Waals surface area contributed by atoms with Gasteiger partial charge in [-0.3, -0.25) is 0 Å². The smallest absolute Gasteiger partial charge is 0.0503 e. The van der Waals surface area contributed by atoms with Gasteiger partial charge in [0.2, 0.25) is 0 Å². The van der Waals surface area contributed by atoms with Crippen LogP contribution >= 0.6 is 22.6 Å². The third-order valence-electron chi connectivity index (χ3n) is 2.08. The molecule has 0 fully saturated rings. The van der Waals surface area contributed by atoms with Gasteiger partial charge in [-0.1, -0.05) is 0 Å². The van der Waals surface area contributed by atoms with Crippen LogP contribution in [0, 0.1) is 3.57 Å². The Hall–Kier alpha value is -0.450. The maximum atomic E-state index is 5.69. The summed E-state index contributed by atoms with van der Waals surface area (Å²) in [7, 11) is 0. The van der Waals surface area contributed by atoms with Gasteiger partial charge in [0.15, 0.2) is 0 Å². The van der Waals surface area contributed by atoms with E-state index in [2.05, 4.69) is 47.4 Å². The number of benzene rings is 1. The first kappa shape index (κ1) is 10.6. The first-order chi connectivity index (χ1) is 6.19. The molecule has 0 unspecified atom stereocenters. The molecule has 72 valence electrons. The van der Waals surface area contributed by atoms with E-state index in [1.165, 1.54) is 9.26 Å². The third-order valence-corrected chi connectivity index (χ3v) is 2.94. The van der Waals surface area contributed by atoms with Crippen LogP contribution in [0.1, 0.15) is 13.8 Å². The Morgan fingerprint density at radius 1 is 1.31 bits per heavy atom. The molecular formula is C10H15IN2. The molecule has 0 atom stereocenters. The zero-order chi connectivity index (χ0) is 9.84. The molecule has 0 saturated carbocycles. The van der Waals surface area contributed by atoms with E-state index in [1.54, 1.807) is 0 Å². The van der Waals surface area contributed by atoms with Gasteiger partial charge in [-0.05, 0) is 54.6 Å². The zero-order valence-corrected chi connectivity index (χ0v) is 10.2. The van der Waals surface area contributed by atoms with Crippen LogP contribution in [0.3, 0.4) is 0 Å². The zero-order valence-electron chi connectivity index (χ0n) is 8.05. The second-order valence-corrected chi connectivity index (χ2v) is 4.05. The number of hydrogen-bond donors (Lipinski definition) is 1. The molecule has 0 spiro atoms. The fourth-order valence-electron chi connectivity index (χ4n) is 1.34. The van der Waals surface area contributed by atoms with E-state index >= 15 is 0 Å². The van der Waals surface area contributed by atoms with Crippen molar-refractivity contribution in [2.24, 2.45) is 0 Å². The summed E-state index contributed by atoms with van der Waals surface area (Å²) in [6.07, 6.45) is 0. The quantitative estimate of drug-likeness (QED) is 0.685. The maximum absolute atomic E-state index is 5.69. The number of halogens is 1. The summed E-state index contributed by atoms with van der Waals surface area (Å²) < 4.78 is 1.22. The van der Waals surface area contributed by atoms with Crippen molar-refractivity contribution in [2.45, 2.75) is 13.8 Å². The average molecular weight is 290 g/mol. The van der Waals surface area contributed by atoms with Crippen molar-refractivity contribution < 1.29 is 0 Å². The average Bonchev–Trinajstić information content (AvgIpc) is 2.10. The summed E-state index contributed by atoms with van der Waals surface area (Å²) in [5, 5.41) is 0. The van der Waals surface area contributed by atoms with Crippen molar-refractivity contribution in [3.63, 3.8) is 0 Å². The fraction of sp³-hybridized carbons (Fsp3) is 0.400. The second-order valence-electron chi connectivity index (χ2n) is 2.88. The van der Waals surface area contributed by atoms with Gasteiger partial charge in [0.05, 0.1) is 5.69 Å². The topological polar surface area (TPSA) is 29.3 Å². The highest BCUT2D eigenvalue weighted by Crippen LogP contribution is 2.24. The molecule has 0 saturated heterocycles. The summed E-state index contributed by atoms with van der Waals surface area (Å²) in [6.45, 7) is 6.40. The molecule has 1 aromatic rings. The van der Waals surface area contributed by atoms with Crippen LogP contribution in [0.2, 0.25) is 0 Å². The molecule has 0 aliphatic carbocycles. The van der Waals surface area contributed by atoms with Gasteiger partial charge >= 0.3 is 0 Å². The van der Waals surface area contributed by atoms with Crippen LogP contribution in [0.15, 0.2) is 18.2 Å². The Labute approximate surface area is 93.3 Å². The number of hydrogen-bond acceptors (Lipinski definition) is 2. The van der Waals surface area contributed by atoms with E-state index in [4.69, 9.17) is 5.73 Å². The highest BCUT2D eigenvalue weighted by Gasteiger charge is 2.05.